The molecule has 0 rings (SSSR count). The maximum absolute atomic E-state index is 8.47. The summed E-state index contributed by atoms with van der Waals surface area (Å²) in [7, 11) is 1.39. The average Bonchev–Trinajstić information content (AvgIpc) is 1.87. The Labute approximate surface area is 64.7 Å². The van der Waals surface area contributed by atoms with E-state index in [4.69, 9.17) is 16.8 Å². The number of nitrogens with one attached hydrogen (secondary N) is 1. The zero-order valence-corrected chi connectivity index (χ0v) is 6.63. The van der Waals surface area contributed by atoms with Gasteiger partial charge in [0.15, 0.2) is 0 Å². The van der Waals surface area contributed by atoms with Crippen LogP contribution in [-0.4, -0.2) is 23.8 Å². The second-order valence-corrected chi connectivity index (χ2v) is 1.92. The van der Waals surface area contributed by atoms with E-state index in [9.17, 15) is 0 Å². The Bertz CT molecular complexity index is 144. The number of allylic oxidation sites excluding steroid dienone is 1. The number of nitrogens with zero attached hydrogens (tertiary/aromatic N) is 2. The van der Waals surface area contributed by atoms with E-state index < -0.39 is 0 Å². The lowest BCUT2D eigenvalue weighted by molar-refractivity contribution is -0.0625. The van der Waals surface area contributed by atoms with E-state index in [1.807, 2.05) is 0 Å². The molecule has 0 atom stereocenters. The molecule has 0 aromatic heterocycles. The smallest absolute Gasteiger partial charge is 0.116 e. The van der Waals surface area contributed by atoms with Crippen molar-refractivity contribution < 1.29 is 5.21 Å². The Hall–Kier alpha value is -0.740. The molecule has 0 aliphatic carbocycles. The molecule has 2 N–H and O–H groups in total. The van der Waals surface area contributed by atoms with Crippen LogP contribution in [0.1, 0.15) is 6.92 Å². The molecule has 0 aromatic rings. The van der Waals surface area contributed by atoms with Gasteiger partial charge in [0, 0.05) is 0 Å². The molecule has 58 valence electrons. The second kappa shape index (κ2) is 5.08. The van der Waals surface area contributed by atoms with Gasteiger partial charge in [-0.1, -0.05) is 17.7 Å². The number of halogens is 1. The molecule has 0 amide bonds. The lowest BCUT2D eigenvalue weighted by Gasteiger charge is -2.00. The lowest BCUT2D eigenvalue weighted by Crippen LogP contribution is -2.11. The molecule has 0 heterocycles. The molecule has 0 aromatic carbocycles. The molecule has 0 saturated carbocycles. The lowest BCUT2D eigenvalue weighted by atomic mass is 10.7. The van der Waals surface area contributed by atoms with Crippen LogP contribution in [0.15, 0.2) is 16.3 Å². The van der Waals surface area contributed by atoms with E-state index in [0.29, 0.717) is 10.3 Å². The Morgan fingerprint density at radius 3 is 2.80 bits per heavy atom. The fraction of sp³-hybridized carbons (Fsp3) is 0.400. The fourth-order valence-electron chi connectivity index (χ4n) is 0.257. The van der Waals surface area contributed by atoms with E-state index in [1.54, 1.807) is 13.0 Å². The summed E-state index contributed by atoms with van der Waals surface area (Å²) in [6, 6.07) is 0. The topological polar surface area (TPSA) is 47.9 Å². The van der Waals surface area contributed by atoms with Crippen molar-refractivity contribution in [2.24, 2.45) is 5.10 Å². The van der Waals surface area contributed by atoms with Gasteiger partial charge in [-0.25, -0.2) is 0 Å². The molecule has 4 nitrogen and oxygen atoms in total. The van der Waals surface area contributed by atoms with Gasteiger partial charge in [-0.15, -0.1) is 5.10 Å². The van der Waals surface area contributed by atoms with Crippen molar-refractivity contribution in [3.63, 3.8) is 0 Å². The Kier molecular flexibility index (Phi) is 4.70. The van der Waals surface area contributed by atoms with Crippen LogP contribution < -0.4 is 5.32 Å². The van der Waals surface area contributed by atoms with Gasteiger partial charge in [0.05, 0.1) is 7.05 Å². The average molecular weight is 164 g/mol. The largest absolute Gasteiger partial charge is 0.336 e. The summed E-state index contributed by atoms with van der Waals surface area (Å²) in [6.45, 7) is 1.78. The van der Waals surface area contributed by atoms with Crippen LogP contribution in [0.25, 0.3) is 0 Å². The van der Waals surface area contributed by atoms with Crippen LogP contribution in [0.3, 0.4) is 0 Å². The summed E-state index contributed by atoms with van der Waals surface area (Å²) < 4.78 is 0. The first kappa shape index (κ1) is 9.26. The van der Waals surface area contributed by atoms with Crippen molar-refractivity contribution in [3.8, 4) is 0 Å². The zero-order valence-electron chi connectivity index (χ0n) is 5.87. The fourth-order valence-corrected chi connectivity index (χ4v) is 0.306. The van der Waals surface area contributed by atoms with Crippen LogP contribution in [0.2, 0.25) is 0 Å². The minimum absolute atomic E-state index is 0.464. The highest BCUT2D eigenvalue weighted by Crippen LogP contribution is 1.91. The predicted molar refractivity (Wildman–Crippen MR) is 40.8 cm³/mol. The van der Waals surface area contributed by atoms with E-state index in [0.717, 1.165) is 0 Å². The number of hydrazone groups is 1. The summed E-state index contributed by atoms with van der Waals surface area (Å²) in [5.74, 6) is 0. The molecular formula is C5H10ClN3O. The van der Waals surface area contributed by atoms with Crippen molar-refractivity contribution in [2.45, 2.75) is 6.92 Å². The SMILES string of the molecule is C/C=C(/Cl)N/C=N\N(C)O. The highest BCUT2D eigenvalue weighted by atomic mass is 35.5. The quantitative estimate of drug-likeness (QED) is 0.282. The number of rotatable bonds is 3. The minimum Gasteiger partial charge on any atom is -0.336 e. The molecule has 0 bridgehead atoms. The normalized spacial score (nSPS) is 12.2. The van der Waals surface area contributed by atoms with Gasteiger partial charge in [-0.3, -0.25) is 5.21 Å². The van der Waals surface area contributed by atoms with E-state index in [-0.39, 0.29) is 0 Å². The summed E-state index contributed by atoms with van der Waals surface area (Å²) in [6.07, 6.45) is 2.95. The van der Waals surface area contributed by atoms with E-state index >= 15 is 0 Å². The van der Waals surface area contributed by atoms with Crippen LogP contribution in [0.4, 0.5) is 0 Å². The molecule has 0 aliphatic rings. The summed E-state index contributed by atoms with van der Waals surface area (Å²) in [5, 5.41) is 15.6. The summed E-state index contributed by atoms with van der Waals surface area (Å²) in [4.78, 5) is 0. The third-order valence-corrected chi connectivity index (χ3v) is 1.01. The number of hydrogen-bond acceptors (Lipinski definition) is 3. The molecule has 5 heteroatoms. The molecule has 0 spiro atoms. The standard InChI is InChI=1S/C5H10ClN3O/c1-3-5(6)7-4-8-9(2)10/h3-4,10H,1-2H3,(H,7,8)/b5-3-. The predicted octanol–water partition coefficient (Wildman–Crippen LogP) is 0.940. The van der Waals surface area contributed by atoms with Crippen molar-refractivity contribution in [1.29, 1.82) is 0 Å². The first-order valence-electron chi connectivity index (χ1n) is 2.70. The Morgan fingerprint density at radius 1 is 1.80 bits per heavy atom. The van der Waals surface area contributed by atoms with Crippen LogP contribution in [0, 0.1) is 0 Å². The van der Waals surface area contributed by atoms with Gasteiger partial charge >= 0.3 is 0 Å². The van der Waals surface area contributed by atoms with E-state index in [1.165, 1.54) is 13.4 Å². The molecular weight excluding hydrogens is 154 g/mol. The number of hydrogen-bond donors (Lipinski definition) is 2. The molecule has 10 heavy (non-hydrogen) atoms. The molecule has 0 saturated heterocycles. The van der Waals surface area contributed by atoms with Gasteiger partial charge in [0.2, 0.25) is 0 Å². The third kappa shape index (κ3) is 5.40. The summed E-state index contributed by atoms with van der Waals surface area (Å²) >= 11 is 5.51. The second-order valence-electron chi connectivity index (χ2n) is 1.51. The first-order chi connectivity index (χ1) is 4.66. The maximum Gasteiger partial charge on any atom is 0.116 e. The first-order valence-corrected chi connectivity index (χ1v) is 3.08. The molecule has 0 radical (unpaired) electrons. The minimum atomic E-state index is 0.464. The molecule has 0 unspecified atom stereocenters. The maximum atomic E-state index is 8.47. The van der Waals surface area contributed by atoms with Gasteiger partial charge in [0.25, 0.3) is 0 Å². The van der Waals surface area contributed by atoms with Gasteiger partial charge < -0.3 is 5.32 Å². The van der Waals surface area contributed by atoms with Gasteiger partial charge in [-0.2, -0.15) is 5.17 Å². The van der Waals surface area contributed by atoms with Crippen molar-refractivity contribution >= 4 is 17.9 Å². The van der Waals surface area contributed by atoms with Crippen molar-refractivity contribution in [2.75, 3.05) is 7.05 Å². The summed E-state index contributed by atoms with van der Waals surface area (Å²) in [5.41, 5.74) is 0. The van der Waals surface area contributed by atoms with Crippen molar-refractivity contribution in [3.05, 3.63) is 11.2 Å². The monoisotopic (exact) mass is 163 g/mol. The van der Waals surface area contributed by atoms with Crippen LogP contribution in [-0.2, 0) is 0 Å². The van der Waals surface area contributed by atoms with Gasteiger partial charge in [0.1, 0.15) is 11.5 Å². The molecule has 0 fully saturated rings. The third-order valence-electron chi connectivity index (χ3n) is 0.681. The van der Waals surface area contributed by atoms with Gasteiger partial charge in [-0.05, 0) is 6.92 Å². The van der Waals surface area contributed by atoms with Crippen LogP contribution >= 0.6 is 11.6 Å². The highest BCUT2D eigenvalue weighted by molar-refractivity contribution is 6.29. The van der Waals surface area contributed by atoms with Crippen molar-refractivity contribution in [1.82, 2.24) is 10.5 Å². The highest BCUT2D eigenvalue weighted by Gasteiger charge is 1.82. The Morgan fingerprint density at radius 2 is 2.40 bits per heavy atom. The zero-order chi connectivity index (χ0) is 7.98. The number of hydroxylamine groups is 1. The Balaban J connectivity index is 3.54. The van der Waals surface area contributed by atoms with Crippen LogP contribution in [0.5, 0.6) is 0 Å². The molecule has 0 aliphatic heterocycles. The van der Waals surface area contributed by atoms with E-state index in [2.05, 4.69) is 10.4 Å².